The largest absolute Gasteiger partial charge is 0.298 e. The van der Waals surface area contributed by atoms with Gasteiger partial charge in [0.2, 0.25) is 0 Å². The SMILES string of the molecule is CC1CCN(C2CN(Cc3ccccc3)C2)C1. The molecule has 2 heteroatoms. The minimum Gasteiger partial charge on any atom is -0.298 e. The molecule has 0 aromatic heterocycles. The van der Waals surface area contributed by atoms with Crippen molar-refractivity contribution in [3.63, 3.8) is 0 Å². The van der Waals surface area contributed by atoms with Crippen molar-refractivity contribution in [3.8, 4) is 0 Å². The molecular weight excluding hydrogens is 208 g/mol. The van der Waals surface area contributed by atoms with Crippen molar-refractivity contribution in [1.82, 2.24) is 9.80 Å². The Morgan fingerprint density at radius 1 is 1.12 bits per heavy atom. The van der Waals surface area contributed by atoms with E-state index < -0.39 is 0 Å². The summed E-state index contributed by atoms with van der Waals surface area (Å²) in [4.78, 5) is 5.25. The number of hydrogen-bond acceptors (Lipinski definition) is 2. The molecule has 1 unspecified atom stereocenters. The van der Waals surface area contributed by atoms with Crippen LogP contribution < -0.4 is 0 Å². The van der Waals surface area contributed by atoms with E-state index in [-0.39, 0.29) is 0 Å². The molecule has 17 heavy (non-hydrogen) atoms. The normalized spacial score (nSPS) is 27.2. The molecule has 2 fully saturated rings. The number of rotatable bonds is 3. The van der Waals surface area contributed by atoms with Gasteiger partial charge in [0.25, 0.3) is 0 Å². The number of likely N-dealkylation sites (tertiary alicyclic amines) is 2. The van der Waals surface area contributed by atoms with Gasteiger partial charge in [0.1, 0.15) is 0 Å². The van der Waals surface area contributed by atoms with Gasteiger partial charge in [-0.1, -0.05) is 37.3 Å². The lowest BCUT2D eigenvalue weighted by Crippen LogP contribution is -2.58. The quantitative estimate of drug-likeness (QED) is 0.785. The van der Waals surface area contributed by atoms with E-state index in [1.165, 1.54) is 38.2 Å². The molecule has 2 saturated heterocycles. The summed E-state index contributed by atoms with van der Waals surface area (Å²) in [5.74, 6) is 0.915. The molecule has 0 spiro atoms. The van der Waals surface area contributed by atoms with E-state index in [2.05, 4.69) is 47.1 Å². The van der Waals surface area contributed by atoms with Crippen molar-refractivity contribution in [2.24, 2.45) is 5.92 Å². The molecule has 2 aliphatic heterocycles. The van der Waals surface area contributed by atoms with Gasteiger partial charge in [-0.25, -0.2) is 0 Å². The smallest absolute Gasteiger partial charge is 0.0350 e. The van der Waals surface area contributed by atoms with Crippen LogP contribution in [0.15, 0.2) is 30.3 Å². The Labute approximate surface area is 104 Å². The molecule has 0 bridgehead atoms. The minimum absolute atomic E-state index is 0.837. The Hall–Kier alpha value is -0.860. The first-order valence-corrected chi connectivity index (χ1v) is 6.81. The molecule has 92 valence electrons. The van der Waals surface area contributed by atoms with Gasteiger partial charge in [-0.05, 0) is 24.4 Å². The monoisotopic (exact) mass is 230 g/mol. The van der Waals surface area contributed by atoms with Crippen molar-refractivity contribution in [1.29, 1.82) is 0 Å². The molecule has 0 radical (unpaired) electrons. The minimum atomic E-state index is 0.837. The topological polar surface area (TPSA) is 6.48 Å². The van der Waals surface area contributed by atoms with Crippen molar-refractivity contribution in [3.05, 3.63) is 35.9 Å². The van der Waals surface area contributed by atoms with E-state index in [1.807, 2.05) is 0 Å². The fourth-order valence-electron chi connectivity index (χ4n) is 3.05. The lowest BCUT2D eigenvalue weighted by molar-refractivity contribution is 0.0405. The van der Waals surface area contributed by atoms with Crippen molar-refractivity contribution in [2.45, 2.75) is 25.9 Å². The average Bonchev–Trinajstić information content (AvgIpc) is 2.71. The van der Waals surface area contributed by atoms with E-state index in [9.17, 15) is 0 Å². The number of hydrogen-bond donors (Lipinski definition) is 0. The van der Waals surface area contributed by atoms with E-state index in [4.69, 9.17) is 0 Å². The van der Waals surface area contributed by atoms with Crippen molar-refractivity contribution < 1.29 is 0 Å². The van der Waals surface area contributed by atoms with Crippen LogP contribution in [0, 0.1) is 5.92 Å². The summed E-state index contributed by atoms with van der Waals surface area (Å²) in [6.45, 7) is 8.68. The maximum absolute atomic E-state index is 2.69. The van der Waals surface area contributed by atoms with Crippen LogP contribution >= 0.6 is 0 Å². The van der Waals surface area contributed by atoms with Gasteiger partial charge in [-0.2, -0.15) is 0 Å². The zero-order valence-electron chi connectivity index (χ0n) is 10.7. The zero-order valence-corrected chi connectivity index (χ0v) is 10.7. The molecule has 1 aromatic carbocycles. The Balaban J connectivity index is 1.46. The third kappa shape index (κ3) is 2.53. The van der Waals surface area contributed by atoms with Crippen LogP contribution in [0.2, 0.25) is 0 Å². The molecule has 1 atom stereocenters. The highest BCUT2D eigenvalue weighted by molar-refractivity contribution is 5.15. The Morgan fingerprint density at radius 3 is 2.53 bits per heavy atom. The number of benzene rings is 1. The van der Waals surface area contributed by atoms with E-state index in [0.717, 1.165) is 18.5 Å². The highest BCUT2D eigenvalue weighted by atomic mass is 15.3. The molecule has 0 N–H and O–H groups in total. The van der Waals surface area contributed by atoms with Gasteiger partial charge in [0.05, 0.1) is 0 Å². The van der Waals surface area contributed by atoms with Gasteiger partial charge in [-0.15, -0.1) is 0 Å². The van der Waals surface area contributed by atoms with Crippen LogP contribution in [0.1, 0.15) is 18.9 Å². The summed E-state index contributed by atoms with van der Waals surface area (Å²) in [5, 5.41) is 0. The van der Waals surface area contributed by atoms with Gasteiger partial charge in [0, 0.05) is 32.2 Å². The van der Waals surface area contributed by atoms with Crippen LogP contribution in [0.5, 0.6) is 0 Å². The predicted octanol–water partition coefficient (Wildman–Crippen LogP) is 2.21. The van der Waals surface area contributed by atoms with E-state index in [1.54, 1.807) is 0 Å². The first kappa shape index (κ1) is 11.2. The molecule has 3 rings (SSSR count). The third-order valence-corrected chi connectivity index (χ3v) is 4.16. The first-order chi connectivity index (χ1) is 8.31. The van der Waals surface area contributed by atoms with Gasteiger partial charge in [0.15, 0.2) is 0 Å². The van der Waals surface area contributed by atoms with Gasteiger partial charge < -0.3 is 0 Å². The zero-order chi connectivity index (χ0) is 11.7. The predicted molar refractivity (Wildman–Crippen MR) is 70.9 cm³/mol. The second-order valence-corrected chi connectivity index (χ2v) is 5.72. The van der Waals surface area contributed by atoms with Crippen molar-refractivity contribution in [2.75, 3.05) is 26.2 Å². The lowest BCUT2D eigenvalue weighted by Gasteiger charge is -2.44. The van der Waals surface area contributed by atoms with E-state index >= 15 is 0 Å². The Bertz CT molecular complexity index is 356. The van der Waals surface area contributed by atoms with Crippen LogP contribution in [-0.2, 0) is 6.54 Å². The van der Waals surface area contributed by atoms with Gasteiger partial charge >= 0.3 is 0 Å². The lowest BCUT2D eigenvalue weighted by atomic mass is 10.1. The molecule has 2 nitrogen and oxygen atoms in total. The maximum Gasteiger partial charge on any atom is 0.0350 e. The Morgan fingerprint density at radius 2 is 1.88 bits per heavy atom. The molecule has 2 heterocycles. The van der Waals surface area contributed by atoms with Crippen LogP contribution in [0.25, 0.3) is 0 Å². The summed E-state index contributed by atoms with van der Waals surface area (Å²) in [6, 6.07) is 11.7. The highest BCUT2D eigenvalue weighted by Gasteiger charge is 2.34. The summed E-state index contributed by atoms with van der Waals surface area (Å²) < 4.78 is 0. The molecule has 2 aliphatic rings. The highest BCUT2D eigenvalue weighted by Crippen LogP contribution is 2.24. The standard InChI is InChI=1S/C15H22N2/c1-13-7-8-17(9-13)15-11-16(12-15)10-14-5-3-2-4-6-14/h2-6,13,15H,7-12H2,1H3. The molecular formula is C15H22N2. The summed E-state index contributed by atoms with van der Waals surface area (Å²) in [7, 11) is 0. The molecule has 0 saturated carbocycles. The van der Waals surface area contributed by atoms with Crippen molar-refractivity contribution >= 4 is 0 Å². The first-order valence-electron chi connectivity index (χ1n) is 6.81. The van der Waals surface area contributed by atoms with Crippen LogP contribution in [-0.4, -0.2) is 42.0 Å². The van der Waals surface area contributed by atoms with E-state index in [0.29, 0.717) is 0 Å². The second-order valence-electron chi connectivity index (χ2n) is 5.72. The second kappa shape index (κ2) is 4.79. The number of nitrogens with zero attached hydrogens (tertiary/aromatic N) is 2. The third-order valence-electron chi connectivity index (χ3n) is 4.16. The summed E-state index contributed by atoms with van der Waals surface area (Å²) in [5.41, 5.74) is 1.45. The summed E-state index contributed by atoms with van der Waals surface area (Å²) in [6.07, 6.45) is 1.40. The Kier molecular flexibility index (Phi) is 3.17. The van der Waals surface area contributed by atoms with Gasteiger partial charge in [-0.3, -0.25) is 9.80 Å². The molecule has 0 amide bonds. The van der Waals surface area contributed by atoms with Crippen LogP contribution in [0.4, 0.5) is 0 Å². The molecule has 0 aliphatic carbocycles. The maximum atomic E-state index is 2.69. The molecule has 1 aromatic rings. The fraction of sp³-hybridized carbons (Fsp3) is 0.600. The van der Waals surface area contributed by atoms with Crippen LogP contribution in [0.3, 0.4) is 0 Å². The fourth-order valence-corrected chi connectivity index (χ4v) is 3.05. The average molecular weight is 230 g/mol. The summed E-state index contributed by atoms with van der Waals surface area (Å²) >= 11 is 0.